The summed E-state index contributed by atoms with van der Waals surface area (Å²) in [6, 6.07) is 9.99. The third kappa shape index (κ3) is 3.95. The van der Waals surface area contributed by atoms with E-state index in [0.717, 1.165) is 33.0 Å². The van der Waals surface area contributed by atoms with E-state index in [2.05, 4.69) is 31.2 Å². The summed E-state index contributed by atoms with van der Waals surface area (Å²) >= 11 is 11.0. The Morgan fingerprint density at radius 3 is 2.85 bits per heavy atom. The second-order valence-electron chi connectivity index (χ2n) is 9.12. The first-order valence-electron chi connectivity index (χ1n) is 11.1. The van der Waals surface area contributed by atoms with Crippen molar-refractivity contribution in [3.63, 3.8) is 0 Å². The second kappa shape index (κ2) is 8.43. The summed E-state index contributed by atoms with van der Waals surface area (Å²) in [5, 5.41) is 4.90. The highest BCUT2D eigenvalue weighted by Crippen LogP contribution is 2.61. The fraction of sp³-hybridized carbons (Fsp3) is 0.320. The van der Waals surface area contributed by atoms with Crippen molar-refractivity contribution in [3.05, 3.63) is 57.9 Å². The molecule has 2 aliphatic carbocycles. The summed E-state index contributed by atoms with van der Waals surface area (Å²) in [6.45, 7) is 1.99. The number of hydrogen-bond donors (Lipinski definition) is 1. The molecule has 1 amide bonds. The summed E-state index contributed by atoms with van der Waals surface area (Å²) in [5.41, 5.74) is 1.51. The molecule has 2 saturated carbocycles. The number of benzene rings is 2. The van der Waals surface area contributed by atoms with Crippen molar-refractivity contribution in [1.82, 2.24) is 9.97 Å². The van der Waals surface area contributed by atoms with E-state index >= 15 is 0 Å². The molecule has 174 valence electrons. The van der Waals surface area contributed by atoms with E-state index in [-0.39, 0.29) is 23.7 Å². The van der Waals surface area contributed by atoms with Gasteiger partial charge in [0.2, 0.25) is 5.91 Å². The van der Waals surface area contributed by atoms with Gasteiger partial charge in [0.05, 0.1) is 21.8 Å². The lowest BCUT2D eigenvalue weighted by molar-refractivity contribution is -0.120. The highest BCUT2D eigenvalue weighted by molar-refractivity contribution is 9.10. The normalized spacial score (nSPS) is 24.2. The Labute approximate surface area is 212 Å². The predicted molar refractivity (Wildman–Crippen MR) is 136 cm³/mol. The summed E-state index contributed by atoms with van der Waals surface area (Å²) in [7, 11) is 0. The first-order chi connectivity index (χ1) is 16.4. The number of nitrogens with zero attached hydrogens (tertiary/aromatic N) is 2. The number of ether oxygens (including phenoxy) is 1. The van der Waals surface area contributed by atoms with Crippen LogP contribution in [0.5, 0.6) is 5.75 Å². The number of amides is 1. The van der Waals surface area contributed by atoms with Crippen LogP contribution in [-0.4, -0.2) is 22.0 Å². The summed E-state index contributed by atoms with van der Waals surface area (Å²) < 4.78 is 21.7. The van der Waals surface area contributed by atoms with E-state index in [0.29, 0.717) is 39.0 Å². The van der Waals surface area contributed by atoms with Gasteiger partial charge in [0, 0.05) is 27.0 Å². The van der Waals surface area contributed by atoms with Crippen molar-refractivity contribution in [2.45, 2.75) is 25.9 Å². The largest absolute Gasteiger partial charge is 0.490 e. The minimum Gasteiger partial charge on any atom is -0.490 e. The number of thiazole rings is 1. The standard InChI is InChI=1S/C25H20BrClFN3O2S/c1-11(24(32)31-25-30-23-18(26)6-12(27)7-21(23)34-25)22-15-9-14(10-16(15)22)33-20-4-5-29-19-3-2-13(28)8-17(19)20/h2-8,11,14-16,22H,9-10H2,1H3,(H,30,31,32)/t11?,14-,15-,16+,22+. The molecule has 34 heavy (non-hydrogen) atoms. The fourth-order valence-corrected chi connectivity index (χ4v) is 7.49. The summed E-state index contributed by atoms with van der Waals surface area (Å²) in [5.74, 6) is 1.54. The molecule has 5 nitrogen and oxygen atoms in total. The number of fused-ring (bicyclic) bond motifs is 3. The first-order valence-corrected chi connectivity index (χ1v) is 13.1. The monoisotopic (exact) mass is 559 g/mol. The molecular formula is C25H20BrClFN3O2S. The maximum atomic E-state index is 13.7. The molecule has 2 aromatic carbocycles. The Bertz CT molecular complexity index is 1430. The number of rotatable bonds is 5. The SMILES string of the molecule is CC(C(=O)Nc1nc2c(Br)cc(Cl)cc2s1)[C@H]1[C@@H]2C[C@@H](Oc3ccnc4ccc(F)cc34)C[C@@H]21. The van der Waals surface area contributed by atoms with Gasteiger partial charge < -0.3 is 10.1 Å². The van der Waals surface area contributed by atoms with Crippen LogP contribution in [0.3, 0.4) is 0 Å². The van der Waals surface area contributed by atoms with E-state index < -0.39 is 0 Å². The molecule has 2 heterocycles. The smallest absolute Gasteiger partial charge is 0.229 e. The predicted octanol–water partition coefficient (Wildman–Crippen LogP) is 7.08. The van der Waals surface area contributed by atoms with E-state index in [1.54, 1.807) is 24.4 Å². The van der Waals surface area contributed by atoms with Gasteiger partial charge in [-0.1, -0.05) is 29.9 Å². The summed E-state index contributed by atoms with van der Waals surface area (Å²) in [4.78, 5) is 21.8. The zero-order chi connectivity index (χ0) is 23.6. The van der Waals surface area contributed by atoms with Crippen molar-refractivity contribution in [2.75, 3.05) is 5.32 Å². The lowest BCUT2D eigenvalue weighted by Crippen LogP contribution is -2.25. The maximum absolute atomic E-state index is 13.7. The molecule has 6 rings (SSSR count). The lowest BCUT2D eigenvalue weighted by atomic mass is 9.97. The zero-order valence-corrected chi connectivity index (χ0v) is 21.3. The molecule has 9 heteroatoms. The van der Waals surface area contributed by atoms with Gasteiger partial charge in [0.1, 0.15) is 11.6 Å². The third-order valence-electron chi connectivity index (χ3n) is 7.06. The molecule has 0 aliphatic heterocycles. The Morgan fingerprint density at radius 1 is 1.26 bits per heavy atom. The van der Waals surface area contributed by atoms with Gasteiger partial charge in [0.25, 0.3) is 0 Å². The fourth-order valence-electron chi connectivity index (χ4n) is 5.46. The molecular weight excluding hydrogens is 541 g/mol. The van der Waals surface area contributed by atoms with Gasteiger partial charge in [-0.05, 0) is 82.9 Å². The molecule has 1 N–H and O–H groups in total. The van der Waals surface area contributed by atoms with Crippen LogP contribution in [-0.2, 0) is 4.79 Å². The van der Waals surface area contributed by atoms with Gasteiger partial charge in [-0.2, -0.15) is 0 Å². The Balaban J connectivity index is 1.09. The highest BCUT2D eigenvalue weighted by Gasteiger charge is 2.59. The molecule has 5 atom stereocenters. The minimum atomic E-state index is -0.303. The third-order valence-corrected chi connectivity index (χ3v) is 8.80. The number of halogens is 3. The van der Waals surface area contributed by atoms with E-state index in [4.69, 9.17) is 16.3 Å². The molecule has 0 bridgehead atoms. The van der Waals surface area contributed by atoms with Crippen molar-refractivity contribution in [3.8, 4) is 5.75 Å². The van der Waals surface area contributed by atoms with Gasteiger partial charge in [-0.3, -0.25) is 9.78 Å². The summed E-state index contributed by atoms with van der Waals surface area (Å²) in [6.07, 6.45) is 3.56. The number of nitrogens with one attached hydrogen (secondary N) is 1. The molecule has 2 aromatic heterocycles. The molecule has 2 fully saturated rings. The van der Waals surface area contributed by atoms with Crippen LogP contribution in [0.1, 0.15) is 19.8 Å². The molecule has 0 radical (unpaired) electrons. The molecule has 1 unspecified atom stereocenters. The number of pyridine rings is 1. The maximum Gasteiger partial charge on any atom is 0.229 e. The van der Waals surface area contributed by atoms with Gasteiger partial charge >= 0.3 is 0 Å². The Morgan fingerprint density at radius 2 is 2.06 bits per heavy atom. The number of anilines is 1. The van der Waals surface area contributed by atoms with Gasteiger partial charge in [0.15, 0.2) is 5.13 Å². The average molecular weight is 561 g/mol. The zero-order valence-electron chi connectivity index (χ0n) is 18.1. The van der Waals surface area contributed by atoms with Crippen LogP contribution >= 0.6 is 38.9 Å². The molecule has 0 saturated heterocycles. The minimum absolute atomic E-state index is 0.00579. The second-order valence-corrected chi connectivity index (χ2v) is 11.4. The van der Waals surface area contributed by atoms with Crippen LogP contribution in [0.15, 0.2) is 47.1 Å². The Kier molecular flexibility index (Phi) is 5.50. The number of hydrogen-bond acceptors (Lipinski definition) is 5. The number of carbonyl (C=O) groups excluding carboxylic acids is 1. The Hall–Kier alpha value is -2.29. The highest BCUT2D eigenvalue weighted by atomic mass is 79.9. The van der Waals surface area contributed by atoms with Crippen LogP contribution in [0, 0.1) is 29.5 Å². The van der Waals surface area contributed by atoms with Crippen LogP contribution in [0.2, 0.25) is 5.02 Å². The van der Waals surface area contributed by atoms with Crippen LogP contribution < -0.4 is 10.1 Å². The van der Waals surface area contributed by atoms with E-state index in [1.165, 1.54) is 23.5 Å². The first kappa shape index (κ1) is 22.2. The van der Waals surface area contributed by atoms with E-state index in [9.17, 15) is 9.18 Å². The molecule has 2 aliphatic rings. The van der Waals surface area contributed by atoms with Crippen LogP contribution in [0.4, 0.5) is 9.52 Å². The molecule has 0 spiro atoms. The number of aromatic nitrogens is 2. The lowest BCUT2D eigenvalue weighted by Gasteiger charge is -2.20. The number of carbonyl (C=O) groups is 1. The van der Waals surface area contributed by atoms with Crippen molar-refractivity contribution < 1.29 is 13.9 Å². The van der Waals surface area contributed by atoms with Crippen molar-refractivity contribution >= 4 is 71.0 Å². The van der Waals surface area contributed by atoms with Crippen LogP contribution in [0.25, 0.3) is 21.1 Å². The quantitative estimate of drug-likeness (QED) is 0.283. The van der Waals surface area contributed by atoms with Crippen molar-refractivity contribution in [1.29, 1.82) is 0 Å². The van der Waals surface area contributed by atoms with E-state index in [1.807, 2.05) is 13.0 Å². The van der Waals surface area contributed by atoms with Gasteiger partial charge in [-0.15, -0.1) is 0 Å². The molecule has 4 aromatic rings. The topological polar surface area (TPSA) is 64.1 Å². The van der Waals surface area contributed by atoms with Crippen molar-refractivity contribution in [2.24, 2.45) is 23.7 Å². The average Bonchev–Trinajstić information content (AvgIpc) is 3.10. The van der Waals surface area contributed by atoms with Gasteiger partial charge in [-0.25, -0.2) is 9.37 Å².